The van der Waals surface area contributed by atoms with Gasteiger partial charge in [0, 0.05) is 8.95 Å². The first-order valence-corrected chi connectivity index (χ1v) is 5.25. The summed E-state index contributed by atoms with van der Waals surface area (Å²) < 4.78 is 1.87. The molecule has 2 nitrogen and oxygen atoms in total. The summed E-state index contributed by atoms with van der Waals surface area (Å²) in [5, 5.41) is 8.59. The first-order valence-electron chi connectivity index (χ1n) is 3.67. The molecule has 0 amide bonds. The van der Waals surface area contributed by atoms with Gasteiger partial charge in [0.1, 0.15) is 0 Å². The monoisotopic (exact) mass is 306 g/mol. The molecule has 0 radical (unpaired) electrons. The van der Waals surface area contributed by atoms with E-state index in [0.717, 1.165) is 20.1 Å². The van der Waals surface area contributed by atoms with Crippen LogP contribution in [0.2, 0.25) is 0 Å². The fourth-order valence-electron chi connectivity index (χ4n) is 1.07. The van der Waals surface area contributed by atoms with E-state index in [2.05, 4.69) is 31.9 Å². The van der Waals surface area contributed by atoms with Crippen LogP contribution in [0.4, 0.5) is 0 Å². The molecule has 0 fully saturated rings. The first kappa shape index (κ1) is 10.7. The Kier molecular flexibility index (Phi) is 3.50. The molecule has 70 valence electrons. The van der Waals surface area contributed by atoms with Crippen molar-refractivity contribution in [2.24, 2.45) is 0 Å². The molecule has 0 unspecified atom stereocenters. The number of hydrogen-bond donors (Lipinski definition) is 1. The molecule has 13 heavy (non-hydrogen) atoms. The van der Waals surface area contributed by atoms with Gasteiger partial charge in [-0.05, 0) is 56.0 Å². The summed E-state index contributed by atoms with van der Waals surface area (Å²) in [6.07, 6.45) is 0.0622. The Morgan fingerprint density at radius 1 is 1.46 bits per heavy atom. The van der Waals surface area contributed by atoms with Gasteiger partial charge in [-0.15, -0.1) is 0 Å². The minimum Gasteiger partial charge on any atom is -0.481 e. The van der Waals surface area contributed by atoms with Crippen LogP contribution in [0.1, 0.15) is 11.1 Å². The lowest BCUT2D eigenvalue weighted by Gasteiger charge is -2.04. The van der Waals surface area contributed by atoms with Crippen LogP contribution in [-0.2, 0) is 11.2 Å². The molecule has 0 bridgehead atoms. The van der Waals surface area contributed by atoms with Crippen LogP contribution >= 0.6 is 31.9 Å². The summed E-state index contributed by atoms with van der Waals surface area (Å²) in [6.45, 7) is 1.93. The van der Waals surface area contributed by atoms with Crippen LogP contribution in [-0.4, -0.2) is 11.1 Å². The van der Waals surface area contributed by atoms with Crippen molar-refractivity contribution in [1.82, 2.24) is 0 Å². The van der Waals surface area contributed by atoms with E-state index in [1.807, 2.05) is 19.1 Å². The number of rotatable bonds is 2. The maximum Gasteiger partial charge on any atom is 0.307 e. The molecular formula is C9H8Br2O2. The molecule has 1 rings (SSSR count). The Bertz CT molecular complexity index is 324. The number of benzene rings is 1. The van der Waals surface area contributed by atoms with Gasteiger partial charge in [-0.25, -0.2) is 0 Å². The lowest BCUT2D eigenvalue weighted by Crippen LogP contribution is -2.00. The molecule has 0 aromatic heterocycles. The van der Waals surface area contributed by atoms with Gasteiger partial charge in [0.2, 0.25) is 0 Å². The molecule has 0 atom stereocenters. The lowest BCUT2D eigenvalue weighted by molar-refractivity contribution is -0.136. The Morgan fingerprint density at radius 3 is 2.54 bits per heavy atom. The highest BCUT2D eigenvalue weighted by Crippen LogP contribution is 2.27. The summed E-state index contributed by atoms with van der Waals surface area (Å²) in [6, 6.07) is 3.67. The minimum atomic E-state index is -0.811. The van der Waals surface area contributed by atoms with Gasteiger partial charge in [0.15, 0.2) is 0 Å². The van der Waals surface area contributed by atoms with Gasteiger partial charge in [-0.1, -0.05) is 6.07 Å². The molecule has 4 heteroatoms. The van der Waals surface area contributed by atoms with Crippen molar-refractivity contribution in [3.63, 3.8) is 0 Å². The number of aryl methyl sites for hydroxylation is 1. The standard InChI is InChI=1S/C9H8Br2O2/c1-5-2-6(4-8(12)13)3-7(10)9(5)11/h2-3H,4H2,1H3,(H,12,13). The number of halogens is 2. The molecule has 0 spiro atoms. The Hall–Kier alpha value is -0.350. The Labute approximate surface area is 93.2 Å². The lowest BCUT2D eigenvalue weighted by atomic mass is 10.1. The topological polar surface area (TPSA) is 37.3 Å². The second-order valence-corrected chi connectivity index (χ2v) is 4.43. The van der Waals surface area contributed by atoms with Crippen LogP contribution in [0.15, 0.2) is 21.1 Å². The van der Waals surface area contributed by atoms with Gasteiger partial charge in [-0.3, -0.25) is 4.79 Å². The molecule has 1 N–H and O–H groups in total. The molecule has 0 aliphatic carbocycles. The molecular weight excluding hydrogens is 300 g/mol. The highest BCUT2D eigenvalue weighted by Gasteiger charge is 2.06. The fourth-order valence-corrected chi connectivity index (χ4v) is 1.91. The molecule has 0 aliphatic heterocycles. The van der Waals surface area contributed by atoms with E-state index in [1.165, 1.54) is 0 Å². The van der Waals surface area contributed by atoms with Crippen molar-refractivity contribution in [2.75, 3.05) is 0 Å². The summed E-state index contributed by atoms with van der Waals surface area (Å²) in [4.78, 5) is 10.4. The highest BCUT2D eigenvalue weighted by molar-refractivity contribution is 9.13. The zero-order chi connectivity index (χ0) is 10.0. The van der Waals surface area contributed by atoms with Gasteiger partial charge >= 0.3 is 5.97 Å². The normalized spacial score (nSPS) is 10.1. The molecule has 1 aromatic carbocycles. The predicted octanol–water partition coefficient (Wildman–Crippen LogP) is 3.15. The quantitative estimate of drug-likeness (QED) is 0.911. The van der Waals surface area contributed by atoms with Crippen molar-refractivity contribution in [3.8, 4) is 0 Å². The number of hydrogen-bond acceptors (Lipinski definition) is 1. The maximum atomic E-state index is 10.4. The summed E-state index contributed by atoms with van der Waals surface area (Å²) >= 11 is 6.73. The third-order valence-corrected chi connectivity index (χ3v) is 3.84. The molecule has 1 aromatic rings. The maximum absolute atomic E-state index is 10.4. The average molecular weight is 308 g/mol. The van der Waals surface area contributed by atoms with E-state index in [4.69, 9.17) is 5.11 Å². The number of carbonyl (C=O) groups is 1. The zero-order valence-corrected chi connectivity index (χ0v) is 10.1. The van der Waals surface area contributed by atoms with Crippen molar-refractivity contribution < 1.29 is 9.90 Å². The zero-order valence-electron chi connectivity index (χ0n) is 6.97. The molecule has 0 saturated heterocycles. The first-order chi connectivity index (χ1) is 6.00. The van der Waals surface area contributed by atoms with Crippen LogP contribution in [0.5, 0.6) is 0 Å². The summed E-state index contributed by atoms with van der Waals surface area (Å²) in [7, 11) is 0. The van der Waals surface area contributed by atoms with E-state index in [0.29, 0.717) is 0 Å². The third-order valence-electron chi connectivity index (χ3n) is 1.63. The summed E-state index contributed by atoms with van der Waals surface area (Å²) in [5.74, 6) is -0.811. The van der Waals surface area contributed by atoms with E-state index in [-0.39, 0.29) is 6.42 Å². The average Bonchev–Trinajstić information content (AvgIpc) is 1.98. The number of carboxylic acid groups (broad SMARTS) is 1. The highest BCUT2D eigenvalue weighted by atomic mass is 79.9. The van der Waals surface area contributed by atoms with E-state index >= 15 is 0 Å². The second-order valence-electron chi connectivity index (χ2n) is 2.78. The SMILES string of the molecule is Cc1cc(CC(=O)O)cc(Br)c1Br. The van der Waals surface area contributed by atoms with Crippen LogP contribution in [0.3, 0.4) is 0 Å². The van der Waals surface area contributed by atoms with Gasteiger partial charge < -0.3 is 5.11 Å². The number of aliphatic carboxylic acids is 1. The second kappa shape index (κ2) is 4.24. The van der Waals surface area contributed by atoms with Crippen molar-refractivity contribution in [3.05, 3.63) is 32.2 Å². The Morgan fingerprint density at radius 2 is 2.08 bits per heavy atom. The van der Waals surface area contributed by atoms with E-state index in [1.54, 1.807) is 0 Å². The third kappa shape index (κ3) is 2.81. The molecule has 0 saturated carbocycles. The van der Waals surface area contributed by atoms with Crippen LogP contribution in [0, 0.1) is 6.92 Å². The van der Waals surface area contributed by atoms with Gasteiger partial charge in [0.05, 0.1) is 6.42 Å². The smallest absolute Gasteiger partial charge is 0.307 e. The van der Waals surface area contributed by atoms with Crippen LogP contribution < -0.4 is 0 Å². The predicted molar refractivity (Wildman–Crippen MR) is 57.9 cm³/mol. The summed E-state index contributed by atoms with van der Waals surface area (Å²) in [5.41, 5.74) is 1.84. The van der Waals surface area contributed by atoms with Crippen molar-refractivity contribution in [2.45, 2.75) is 13.3 Å². The number of carboxylic acids is 1. The molecule has 0 heterocycles. The molecule has 0 aliphatic rings. The largest absolute Gasteiger partial charge is 0.481 e. The van der Waals surface area contributed by atoms with Crippen LogP contribution in [0.25, 0.3) is 0 Å². The Balaban J connectivity index is 3.06. The fraction of sp³-hybridized carbons (Fsp3) is 0.222. The van der Waals surface area contributed by atoms with Gasteiger partial charge in [-0.2, -0.15) is 0 Å². The van der Waals surface area contributed by atoms with Crippen molar-refractivity contribution in [1.29, 1.82) is 0 Å². The van der Waals surface area contributed by atoms with Gasteiger partial charge in [0.25, 0.3) is 0 Å². The minimum absolute atomic E-state index is 0.0622. The van der Waals surface area contributed by atoms with E-state index < -0.39 is 5.97 Å². The van der Waals surface area contributed by atoms with Crippen molar-refractivity contribution >= 4 is 37.8 Å². The van der Waals surface area contributed by atoms with E-state index in [9.17, 15) is 4.79 Å².